The van der Waals surface area contributed by atoms with Crippen molar-refractivity contribution < 1.29 is 9.18 Å². The molecule has 0 bridgehead atoms. The average Bonchev–Trinajstić information content (AvgIpc) is 2.76. The third-order valence-corrected chi connectivity index (χ3v) is 5.63. The average molecular weight is 406 g/mol. The summed E-state index contributed by atoms with van der Waals surface area (Å²) in [6.07, 6.45) is 5.21. The lowest BCUT2D eigenvalue weighted by molar-refractivity contribution is -0.107. The Kier molecular flexibility index (Phi) is 5.67. The molecule has 1 aromatic carbocycles. The maximum absolute atomic E-state index is 14.3. The van der Waals surface area contributed by atoms with E-state index in [1.54, 1.807) is 19.3 Å². The summed E-state index contributed by atoms with van der Waals surface area (Å²) in [6, 6.07) is 14.3. The summed E-state index contributed by atoms with van der Waals surface area (Å²) in [6.45, 7) is 0.565. The van der Waals surface area contributed by atoms with Crippen molar-refractivity contribution in [2.75, 3.05) is 23.9 Å². The third-order valence-electron chi connectivity index (χ3n) is 5.63. The first-order valence-corrected chi connectivity index (χ1v) is 9.86. The molecular formula is C22H23FN6O. The van der Waals surface area contributed by atoms with Gasteiger partial charge in [0.1, 0.15) is 11.6 Å². The second-order valence-electron chi connectivity index (χ2n) is 7.37. The first-order chi connectivity index (χ1) is 14.6. The van der Waals surface area contributed by atoms with Crippen molar-refractivity contribution in [3.63, 3.8) is 0 Å². The summed E-state index contributed by atoms with van der Waals surface area (Å²) >= 11 is 0. The summed E-state index contributed by atoms with van der Waals surface area (Å²) in [5.74, 6) is 0.385. The van der Waals surface area contributed by atoms with Gasteiger partial charge in [0.15, 0.2) is 0 Å². The maximum Gasteiger partial charge on any atom is 0.228 e. The number of benzene rings is 1. The molecule has 0 saturated heterocycles. The van der Waals surface area contributed by atoms with Gasteiger partial charge in [0.25, 0.3) is 0 Å². The predicted octanol–water partition coefficient (Wildman–Crippen LogP) is 3.31. The zero-order valence-corrected chi connectivity index (χ0v) is 16.7. The minimum atomic E-state index is -0.292. The van der Waals surface area contributed by atoms with E-state index in [1.807, 2.05) is 36.4 Å². The molecule has 0 spiro atoms. The Labute approximate surface area is 174 Å². The third kappa shape index (κ3) is 3.86. The van der Waals surface area contributed by atoms with Gasteiger partial charge in [-0.05, 0) is 49.2 Å². The molecule has 0 atom stereocenters. The number of hydrogen-bond donors (Lipinski definition) is 2. The van der Waals surface area contributed by atoms with Gasteiger partial charge in [0.2, 0.25) is 6.41 Å². The molecule has 2 aromatic heterocycles. The van der Waals surface area contributed by atoms with Gasteiger partial charge in [-0.2, -0.15) is 0 Å². The molecule has 154 valence electrons. The number of rotatable bonds is 8. The molecule has 0 aliphatic heterocycles. The number of hydrogen-bond acceptors (Lipinski definition) is 6. The van der Waals surface area contributed by atoms with Crippen LogP contribution in [0.4, 0.5) is 15.9 Å². The molecule has 1 fully saturated rings. The summed E-state index contributed by atoms with van der Waals surface area (Å²) in [5.41, 5.74) is 5.37. The van der Waals surface area contributed by atoms with E-state index in [2.05, 4.69) is 25.9 Å². The van der Waals surface area contributed by atoms with Crippen LogP contribution in [0.1, 0.15) is 25.0 Å². The fourth-order valence-electron chi connectivity index (χ4n) is 3.75. The van der Waals surface area contributed by atoms with E-state index in [0.717, 1.165) is 36.2 Å². The minimum absolute atomic E-state index is 0.254. The highest BCUT2D eigenvalue weighted by molar-refractivity contribution is 5.75. The van der Waals surface area contributed by atoms with Crippen LogP contribution in [0, 0.1) is 5.82 Å². The molecule has 1 saturated carbocycles. The molecule has 2 heterocycles. The molecule has 3 aromatic rings. The highest BCUT2D eigenvalue weighted by Gasteiger charge is 2.41. The summed E-state index contributed by atoms with van der Waals surface area (Å²) in [7, 11) is 1.68. The Hall–Kier alpha value is -3.39. The molecular weight excluding hydrogens is 383 g/mol. The standard InChI is InChI=1S/C22H23FN6O/c1-24-29(15-30)17-7-5-16(6-8-17)19-9-10-20(28-27-19)26-14-22(11-3-12-22)21-18(23)4-2-13-25-21/h2,4-10,13,15,24H,3,11-12,14H2,1H3,(H,26,28). The molecule has 1 amide bonds. The number of aromatic nitrogens is 3. The van der Waals surface area contributed by atoms with Gasteiger partial charge in [-0.3, -0.25) is 9.78 Å². The Morgan fingerprint density at radius 3 is 2.50 bits per heavy atom. The molecule has 8 heteroatoms. The van der Waals surface area contributed by atoms with Crippen molar-refractivity contribution in [3.05, 3.63) is 66.2 Å². The van der Waals surface area contributed by atoms with Crippen molar-refractivity contribution in [1.29, 1.82) is 0 Å². The lowest BCUT2D eigenvalue weighted by atomic mass is 9.66. The predicted molar refractivity (Wildman–Crippen MR) is 113 cm³/mol. The second-order valence-corrected chi connectivity index (χ2v) is 7.37. The molecule has 1 aliphatic carbocycles. The quantitative estimate of drug-likeness (QED) is 0.441. The SMILES string of the molecule is CNN(C=O)c1ccc(-c2ccc(NCC3(c4ncccc4F)CCC3)nn2)cc1. The topological polar surface area (TPSA) is 83.0 Å². The van der Waals surface area contributed by atoms with Crippen LogP contribution in [0.5, 0.6) is 0 Å². The Balaban J connectivity index is 1.44. The number of halogens is 1. The summed E-state index contributed by atoms with van der Waals surface area (Å²) in [5, 5.41) is 13.2. The van der Waals surface area contributed by atoms with E-state index >= 15 is 0 Å². The van der Waals surface area contributed by atoms with Crippen LogP contribution >= 0.6 is 0 Å². The van der Waals surface area contributed by atoms with Crippen molar-refractivity contribution >= 4 is 17.9 Å². The van der Waals surface area contributed by atoms with E-state index in [9.17, 15) is 9.18 Å². The first-order valence-electron chi connectivity index (χ1n) is 9.86. The summed E-state index contributed by atoms with van der Waals surface area (Å²) < 4.78 is 14.3. The van der Waals surface area contributed by atoms with Gasteiger partial charge < -0.3 is 5.32 Å². The van der Waals surface area contributed by atoms with Crippen molar-refractivity contribution in [2.45, 2.75) is 24.7 Å². The van der Waals surface area contributed by atoms with Crippen LogP contribution in [0.15, 0.2) is 54.7 Å². The number of anilines is 2. The molecule has 7 nitrogen and oxygen atoms in total. The summed E-state index contributed by atoms with van der Waals surface area (Å²) in [4.78, 5) is 15.3. The van der Waals surface area contributed by atoms with E-state index in [4.69, 9.17) is 0 Å². The van der Waals surface area contributed by atoms with Crippen molar-refractivity contribution in [3.8, 4) is 11.3 Å². The highest BCUT2D eigenvalue weighted by atomic mass is 19.1. The first kappa shape index (κ1) is 19.9. The number of carbonyl (C=O) groups excluding carboxylic acids is 1. The number of nitrogens with one attached hydrogen (secondary N) is 2. The second kappa shape index (κ2) is 8.54. The minimum Gasteiger partial charge on any atom is -0.368 e. The van der Waals surface area contributed by atoms with Gasteiger partial charge in [0.05, 0.1) is 17.1 Å². The highest BCUT2D eigenvalue weighted by Crippen LogP contribution is 2.43. The molecule has 1 aliphatic rings. The maximum atomic E-state index is 14.3. The number of nitrogens with zero attached hydrogens (tertiary/aromatic N) is 4. The molecule has 4 rings (SSSR count). The van der Waals surface area contributed by atoms with Gasteiger partial charge in [-0.15, -0.1) is 10.2 Å². The Morgan fingerprint density at radius 1 is 1.13 bits per heavy atom. The van der Waals surface area contributed by atoms with Crippen LogP contribution in [-0.2, 0) is 10.2 Å². The zero-order valence-electron chi connectivity index (χ0n) is 16.7. The lowest BCUT2D eigenvalue weighted by Gasteiger charge is -2.41. The number of hydrazine groups is 1. The monoisotopic (exact) mass is 406 g/mol. The molecule has 2 N–H and O–H groups in total. The van der Waals surface area contributed by atoms with Crippen LogP contribution in [0.2, 0.25) is 0 Å². The number of pyridine rings is 1. The van der Waals surface area contributed by atoms with E-state index in [0.29, 0.717) is 24.5 Å². The Bertz CT molecular complexity index is 1000. The van der Waals surface area contributed by atoms with Crippen molar-refractivity contribution in [1.82, 2.24) is 20.6 Å². The van der Waals surface area contributed by atoms with Crippen LogP contribution in [0.3, 0.4) is 0 Å². The van der Waals surface area contributed by atoms with E-state index in [1.165, 1.54) is 11.1 Å². The van der Waals surface area contributed by atoms with Gasteiger partial charge >= 0.3 is 0 Å². The van der Waals surface area contributed by atoms with Crippen LogP contribution < -0.4 is 15.8 Å². The smallest absolute Gasteiger partial charge is 0.228 e. The zero-order chi connectivity index (χ0) is 21.0. The number of carbonyl (C=O) groups is 1. The van der Waals surface area contributed by atoms with E-state index in [-0.39, 0.29) is 11.2 Å². The normalized spacial score (nSPS) is 14.6. The van der Waals surface area contributed by atoms with E-state index < -0.39 is 0 Å². The van der Waals surface area contributed by atoms with Crippen LogP contribution in [0.25, 0.3) is 11.3 Å². The van der Waals surface area contributed by atoms with Gasteiger partial charge in [-0.25, -0.2) is 14.8 Å². The number of amides is 1. The largest absolute Gasteiger partial charge is 0.368 e. The lowest BCUT2D eigenvalue weighted by Crippen LogP contribution is -2.42. The fourth-order valence-corrected chi connectivity index (χ4v) is 3.75. The van der Waals surface area contributed by atoms with Gasteiger partial charge in [-0.1, -0.05) is 18.6 Å². The van der Waals surface area contributed by atoms with Gasteiger partial charge in [0, 0.05) is 30.8 Å². The van der Waals surface area contributed by atoms with Crippen LogP contribution in [-0.4, -0.2) is 35.2 Å². The molecule has 0 unspecified atom stereocenters. The fraction of sp³-hybridized carbons (Fsp3) is 0.273. The Morgan fingerprint density at radius 2 is 1.93 bits per heavy atom. The molecule has 0 radical (unpaired) electrons. The van der Waals surface area contributed by atoms with Crippen molar-refractivity contribution in [2.24, 2.45) is 0 Å². The molecule has 30 heavy (non-hydrogen) atoms.